The van der Waals surface area contributed by atoms with Crippen LogP contribution in [0.3, 0.4) is 0 Å². The van der Waals surface area contributed by atoms with Crippen molar-refractivity contribution in [2.45, 2.75) is 39.5 Å². The summed E-state index contributed by atoms with van der Waals surface area (Å²) in [4.78, 5) is 48.8. The van der Waals surface area contributed by atoms with Crippen molar-refractivity contribution < 1.29 is 14.7 Å². The van der Waals surface area contributed by atoms with Crippen molar-refractivity contribution in [1.82, 2.24) is 19.2 Å². The summed E-state index contributed by atoms with van der Waals surface area (Å²) in [5, 5.41) is 8.79. The van der Waals surface area contributed by atoms with Crippen molar-refractivity contribution >= 4 is 57.7 Å². The number of carbonyl (C=O) groups excluding carboxylic acids is 1. The largest absolute Gasteiger partial charge is 0.481 e. The van der Waals surface area contributed by atoms with Gasteiger partial charge >= 0.3 is 5.97 Å². The normalized spacial score (nSPS) is 18.1. The quantitative estimate of drug-likeness (QED) is 0.299. The summed E-state index contributed by atoms with van der Waals surface area (Å²) in [6.07, 6.45) is 5.46. The molecule has 0 unspecified atom stereocenters. The summed E-state index contributed by atoms with van der Waals surface area (Å²) >= 11 is 6.65. The molecule has 192 valence electrons. The number of aromatic nitrogens is 2. The van der Waals surface area contributed by atoms with Gasteiger partial charge in [-0.1, -0.05) is 43.4 Å². The van der Waals surface area contributed by atoms with Gasteiger partial charge < -0.3 is 14.9 Å². The van der Waals surface area contributed by atoms with E-state index in [9.17, 15) is 14.4 Å². The van der Waals surface area contributed by atoms with E-state index < -0.39 is 5.97 Å². The monoisotopic (exact) mass is 529 g/mol. The van der Waals surface area contributed by atoms with Crippen LogP contribution >= 0.6 is 24.0 Å². The van der Waals surface area contributed by atoms with Gasteiger partial charge in [-0.15, -0.1) is 0 Å². The number of carbonyl (C=O) groups is 2. The van der Waals surface area contributed by atoms with Crippen LogP contribution in [0.4, 0.5) is 5.82 Å². The zero-order valence-electron chi connectivity index (χ0n) is 20.6. The minimum atomic E-state index is -0.819. The number of thioether (sulfide) groups is 1. The van der Waals surface area contributed by atoms with Gasteiger partial charge in [-0.2, -0.15) is 0 Å². The van der Waals surface area contributed by atoms with Crippen molar-refractivity contribution in [1.29, 1.82) is 0 Å². The lowest BCUT2D eigenvalue weighted by atomic mass is 10.2. The summed E-state index contributed by atoms with van der Waals surface area (Å²) in [6, 6.07) is 3.78. The van der Waals surface area contributed by atoms with Gasteiger partial charge in [0.25, 0.3) is 11.5 Å². The molecule has 2 fully saturated rings. The first-order chi connectivity index (χ1) is 17.3. The van der Waals surface area contributed by atoms with Crippen molar-refractivity contribution in [2.24, 2.45) is 0 Å². The maximum atomic E-state index is 13.6. The predicted octanol–water partition coefficient (Wildman–Crippen LogP) is 2.99. The maximum absolute atomic E-state index is 13.6. The Bertz CT molecular complexity index is 1270. The third-order valence-corrected chi connectivity index (χ3v) is 7.90. The molecule has 0 bridgehead atoms. The number of likely N-dealkylation sites (N-methyl/N-ethyl adjacent to an activating group) is 1. The lowest BCUT2D eigenvalue weighted by molar-refractivity contribution is -0.137. The fourth-order valence-electron chi connectivity index (χ4n) is 4.44. The number of anilines is 1. The molecule has 0 spiro atoms. The number of unbranched alkanes of at least 4 members (excludes halogenated alkanes) is 2. The Hall–Kier alpha value is -2.76. The molecule has 1 amide bonds. The number of fused-ring (bicyclic) bond motifs is 1. The van der Waals surface area contributed by atoms with Gasteiger partial charge in [0, 0.05) is 45.3 Å². The zero-order chi connectivity index (χ0) is 25.8. The van der Waals surface area contributed by atoms with Crippen LogP contribution in [0.5, 0.6) is 0 Å². The van der Waals surface area contributed by atoms with Gasteiger partial charge in [-0.3, -0.25) is 23.7 Å². The number of pyridine rings is 1. The molecule has 2 aromatic rings. The van der Waals surface area contributed by atoms with Gasteiger partial charge in [-0.25, -0.2) is 4.98 Å². The van der Waals surface area contributed by atoms with Crippen LogP contribution in [0.1, 0.15) is 43.7 Å². The van der Waals surface area contributed by atoms with E-state index in [0.29, 0.717) is 52.1 Å². The van der Waals surface area contributed by atoms with E-state index in [1.807, 2.05) is 19.1 Å². The third-order valence-electron chi connectivity index (χ3n) is 6.53. The molecular weight excluding hydrogens is 498 g/mol. The first-order valence-corrected chi connectivity index (χ1v) is 13.5. The first-order valence-electron chi connectivity index (χ1n) is 12.3. The molecule has 1 N–H and O–H groups in total. The van der Waals surface area contributed by atoms with Crippen LogP contribution in [0.25, 0.3) is 11.7 Å². The number of hydrogen-bond donors (Lipinski definition) is 1. The topological polar surface area (TPSA) is 98.5 Å². The summed E-state index contributed by atoms with van der Waals surface area (Å²) < 4.78 is 1.99. The van der Waals surface area contributed by atoms with Gasteiger partial charge in [0.15, 0.2) is 0 Å². The van der Waals surface area contributed by atoms with Crippen LogP contribution in [-0.2, 0) is 9.59 Å². The molecule has 4 rings (SSSR count). The van der Waals surface area contributed by atoms with Crippen molar-refractivity contribution in [3.05, 3.63) is 44.7 Å². The van der Waals surface area contributed by atoms with Crippen LogP contribution < -0.4 is 10.5 Å². The van der Waals surface area contributed by atoms with E-state index in [2.05, 4.69) is 16.7 Å². The maximum Gasteiger partial charge on any atom is 0.303 e. The van der Waals surface area contributed by atoms with Gasteiger partial charge in [0.1, 0.15) is 15.8 Å². The number of amides is 1. The Balaban J connectivity index is 1.64. The first kappa shape index (κ1) is 26.3. The highest BCUT2D eigenvalue weighted by Gasteiger charge is 2.33. The standard InChI is InChI=1S/C25H31N5O4S2/c1-3-27-11-13-28(14-12-27)22-18(23(33)30-16-17(2)8-9-20(30)26-22)15-19-24(34)29(25(35)36-19)10-6-4-5-7-21(31)32/h8-9,15-16H,3-7,10-14H2,1-2H3,(H,31,32). The number of thiocarbonyl (C=S) groups is 1. The van der Waals surface area contributed by atoms with E-state index in [4.69, 9.17) is 22.3 Å². The van der Waals surface area contributed by atoms with E-state index in [1.165, 1.54) is 16.2 Å². The third kappa shape index (κ3) is 5.79. The molecule has 0 saturated carbocycles. The molecule has 2 aliphatic rings. The molecule has 11 heteroatoms. The Kier molecular flexibility index (Phi) is 8.43. The fourth-order valence-corrected chi connectivity index (χ4v) is 5.73. The number of carboxylic acids is 1. The summed E-state index contributed by atoms with van der Waals surface area (Å²) in [5.74, 6) is -0.446. The second-order valence-corrected chi connectivity index (χ2v) is 10.7. The van der Waals surface area contributed by atoms with E-state index in [1.54, 1.807) is 17.2 Å². The SMILES string of the molecule is CCN1CCN(c2nc3ccc(C)cn3c(=O)c2C=C2SC(=S)N(CCCCCC(=O)O)C2=O)CC1. The molecule has 2 aliphatic heterocycles. The molecule has 4 heterocycles. The number of aryl methyl sites for hydroxylation is 1. The smallest absolute Gasteiger partial charge is 0.303 e. The molecule has 9 nitrogen and oxygen atoms in total. The van der Waals surface area contributed by atoms with E-state index in [-0.39, 0.29) is 17.9 Å². The summed E-state index contributed by atoms with van der Waals surface area (Å²) in [5.41, 5.74) is 1.70. The molecular formula is C25H31N5O4S2. The minimum Gasteiger partial charge on any atom is -0.481 e. The van der Waals surface area contributed by atoms with Crippen molar-refractivity contribution in [3.8, 4) is 0 Å². The second-order valence-electron chi connectivity index (χ2n) is 9.05. The average molecular weight is 530 g/mol. The number of nitrogens with zero attached hydrogens (tertiary/aromatic N) is 5. The highest BCUT2D eigenvalue weighted by Crippen LogP contribution is 2.34. The summed E-state index contributed by atoms with van der Waals surface area (Å²) in [6.45, 7) is 8.74. The Labute approximate surface area is 219 Å². The summed E-state index contributed by atoms with van der Waals surface area (Å²) in [7, 11) is 0. The highest BCUT2D eigenvalue weighted by molar-refractivity contribution is 8.26. The molecule has 0 radical (unpaired) electrons. The van der Waals surface area contributed by atoms with Gasteiger partial charge in [-0.05, 0) is 44.0 Å². The molecule has 0 atom stereocenters. The lowest BCUT2D eigenvalue weighted by Crippen LogP contribution is -2.47. The molecule has 2 saturated heterocycles. The Morgan fingerprint density at radius 3 is 2.61 bits per heavy atom. The van der Waals surface area contributed by atoms with Crippen LogP contribution in [0.15, 0.2) is 28.0 Å². The number of hydrogen-bond acceptors (Lipinski definition) is 8. The van der Waals surface area contributed by atoms with Crippen LogP contribution in [0.2, 0.25) is 0 Å². The van der Waals surface area contributed by atoms with Crippen molar-refractivity contribution in [2.75, 3.05) is 44.2 Å². The highest BCUT2D eigenvalue weighted by atomic mass is 32.2. The second kappa shape index (κ2) is 11.5. The molecule has 2 aromatic heterocycles. The number of carboxylic acid groups (broad SMARTS) is 1. The molecule has 0 aromatic carbocycles. The number of rotatable bonds is 9. The van der Waals surface area contributed by atoms with Crippen LogP contribution in [-0.4, -0.2) is 79.8 Å². The lowest BCUT2D eigenvalue weighted by Gasteiger charge is -2.35. The van der Waals surface area contributed by atoms with Gasteiger partial charge in [0.05, 0.1) is 10.5 Å². The van der Waals surface area contributed by atoms with Gasteiger partial charge in [0.2, 0.25) is 0 Å². The Morgan fingerprint density at radius 2 is 1.92 bits per heavy atom. The Morgan fingerprint density at radius 1 is 1.17 bits per heavy atom. The molecule has 36 heavy (non-hydrogen) atoms. The van der Waals surface area contributed by atoms with Crippen molar-refractivity contribution in [3.63, 3.8) is 0 Å². The zero-order valence-corrected chi connectivity index (χ0v) is 22.2. The average Bonchev–Trinajstić information content (AvgIpc) is 3.13. The van der Waals surface area contributed by atoms with E-state index >= 15 is 0 Å². The fraction of sp³-hybridized carbons (Fsp3) is 0.480. The minimum absolute atomic E-state index is 0.117. The number of piperazine rings is 1. The van der Waals surface area contributed by atoms with Crippen LogP contribution in [0, 0.1) is 6.92 Å². The predicted molar refractivity (Wildman–Crippen MR) is 147 cm³/mol. The van der Waals surface area contributed by atoms with E-state index in [0.717, 1.165) is 38.3 Å². The molecule has 0 aliphatic carbocycles. The number of aliphatic carboxylic acids is 1.